The van der Waals surface area contributed by atoms with Gasteiger partial charge in [0.25, 0.3) is 0 Å². The molecule has 0 bridgehead atoms. The van der Waals surface area contributed by atoms with Gasteiger partial charge in [-0.1, -0.05) is 18.2 Å². The molecule has 2 atom stereocenters. The number of hydrogen-bond acceptors (Lipinski definition) is 4. The Morgan fingerprint density at radius 3 is 2.80 bits per heavy atom. The fourth-order valence-electron chi connectivity index (χ4n) is 2.57. The summed E-state index contributed by atoms with van der Waals surface area (Å²) < 4.78 is 29.6. The van der Waals surface area contributed by atoms with Crippen molar-refractivity contribution in [2.75, 3.05) is 25.1 Å². The summed E-state index contributed by atoms with van der Waals surface area (Å²) in [5, 5.41) is 0. The second-order valence-corrected chi connectivity index (χ2v) is 6.00. The quantitative estimate of drug-likeness (QED) is 0.877. The van der Waals surface area contributed by atoms with Crippen LogP contribution in [0.15, 0.2) is 24.3 Å². The van der Waals surface area contributed by atoms with Gasteiger partial charge in [0.1, 0.15) is 5.75 Å². The second-order valence-electron chi connectivity index (χ2n) is 4.85. The van der Waals surface area contributed by atoms with Crippen LogP contribution in [0.4, 0.5) is 8.78 Å². The molecule has 2 unspecified atom stereocenters. The highest BCUT2D eigenvalue weighted by molar-refractivity contribution is 7.99. The summed E-state index contributed by atoms with van der Waals surface area (Å²) in [7, 11) is 2.01. The van der Waals surface area contributed by atoms with Crippen molar-refractivity contribution in [3.05, 3.63) is 29.8 Å². The monoisotopic (exact) mass is 302 g/mol. The number of halogens is 2. The number of nitrogens with zero attached hydrogens (tertiary/aromatic N) is 1. The van der Waals surface area contributed by atoms with Crippen molar-refractivity contribution in [3.8, 4) is 5.75 Å². The molecule has 1 heterocycles. The molecule has 3 nitrogen and oxygen atoms in total. The van der Waals surface area contributed by atoms with Gasteiger partial charge in [-0.3, -0.25) is 4.90 Å². The molecule has 1 aliphatic rings. The van der Waals surface area contributed by atoms with Gasteiger partial charge in [-0.25, -0.2) is 0 Å². The van der Waals surface area contributed by atoms with E-state index in [1.165, 1.54) is 0 Å². The zero-order valence-corrected chi connectivity index (χ0v) is 12.3. The van der Waals surface area contributed by atoms with Gasteiger partial charge in [-0.2, -0.15) is 20.5 Å². The van der Waals surface area contributed by atoms with Crippen LogP contribution in [-0.2, 0) is 0 Å². The Kier molecular flexibility index (Phi) is 5.63. The van der Waals surface area contributed by atoms with Crippen LogP contribution in [0.5, 0.6) is 5.75 Å². The standard InChI is InChI=1S/C14H20F2N2OS/c1-18(10-6-7-20-9-10)12(8-17)11-4-2-3-5-13(11)19-14(15)16/h2-5,10,12,14H,6-9,17H2,1H3. The number of thioether (sulfide) groups is 1. The Hall–Kier alpha value is -0.850. The fourth-order valence-corrected chi connectivity index (χ4v) is 3.85. The molecule has 1 aromatic rings. The van der Waals surface area contributed by atoms with Gasteiger partial charge in [0.05, 0.1) is 6.04 Å². The van der Waals surface area contributed by atoms with Crippen molar-refractivity contribution < 1.29 is 13.5 Å². The number of ether oxygens (including phenoxy) is 1. The third-order valence-corrected chi connectivity index (χ3v) is 4.84. The Balaban J connectivity index is 2.21. The van der Waals surface area contributed by atoms with Crippen LogP contribution in [0.2, 0.25) is 0 Å². The van der Waals surface area contributed by atoms with Gasteiger partial charge in [-0.15, -0.1) is 0 Å². The largest absolute Gasteiger partial charge is 0.434 e. The zero-order valence-electron chi connectivity index (χ0n) is 11.5. The van der Waals surface area contributed by atoms with Crippen molar-refractivity contribution in [1.29, 1.82) is 0 Å². The molecular formula is C14H20F2N2OS. The van der Waals surface area contributed by atoms with Gasteiger partial charge < -0.3 is 10.5 Å². The van der Waals surface area contributed by atoms with Gasteiger partial charge in [0.2, 0.25) is 0 Å². The molecule has 0 radical (unpaired) electrons. The molecule has 2 N–H and O–H groups in total. The summed E-state index contributed by atoms with van der Waals surface area (Å²) in [4.78, 5) is 2.19. The molecule has 112 valence electrons. The van der Waals surface area contributed by atoms with Gasteiger partial charge in [-0.05, 0) is 25.3 Å². The molecular weight excluding hydrogens is 282 g/mol. The first-order valence-corrected chi connectivity index (χ1v) is 7.82. The molecule has 0 saturated carbocycles. The molecule has 2 rings (SSSR count). The van der Waals surface area contributed by atoms with Crippen LogP contribution in [-0.4, -0.2) is 42.7 Å². The highest BCUT2D eigenvalue weighted by atomic mass is 32.2. The van der Waals surface area contributed by atoms with E-state index >= 15 is 0 Å². The summed E-state index contributed by atoms with van der Waals surface area (Å²) in [6.45, 7) is -2.44. The zero-order chi connectivity index (χ0) is 14.5. The highest BCUT2D eigenvalue weighted by Crippen LogP contribution is 2.33. The molecule has 0 spiro atoms. The van der Waals surface area contributed by atoms with Crippen LogP contribution in [0, 0.1) is 0 Å². The van der Waals surface area contributed by atoms with Gasteiger partial charge >= 0.3 is 6.61 Å². The lowest BCUT2D eigenvalue weighted by Crippen LogP contribution is -2.38. The number of nitrogens with two attached hydrogens (primary N) is 1. The lowest BCUT2D eigenvalue weighted by atomic mass is 10.0. The summed E-state index contributed by atoms with van der Waals surface area (Å²) in [5.41, 5.74) is 6.61. The lowest BCUT2D eigenvalue weighted by Gasteiger charge is -2.33. The molecule has 1 aliphatic heterocycles. The number of benzene rings is 1. The van der Waals surface area contributed by atoms with E-state index in [9.17, 15) is 8.78 Å². The summed E-state index contributed by atoms with van der Waals surface area (Å²) in [6, 6.07) is 7.24. The Morgan fingerprint density at radius 2 is 2.20 bits per heavy atom. The molecule has 0 aromatic heterocycles. The smallest absolute Gasteiger partial charge is 0.387 e. The van der Waals surface area contributed by atoms with E-state index < -0.39 is 6.61 Å². The second kappa shape index (κ2) is 7.24. The maximum absolute atomic E-state index is 12.5. The molecule has 20 heavy (non-hydrogen) atoms. The summed E-state index contributed by atoms with van der Waals surface area (Å²) in [5.74, 6) is 2.42. The SMILES string of the molecule is CN(C1CCSC1)C(CN)c1ccccc1OC(F)F. The number of para-hydroxylation sites is 1. The van der Waals surface area contributed by atoms with E-state index in [-0.39, 0.29) is 11.8 Å². The topological polar surface area (TPSA) is 38.5 Å². The van der Waals surface area contributed by atoms with Crippen LogP contribution >= 0.6 is 11.8 Å². The fraction of sp³-hybridized carbons (Fsp3) is 0.571. The first kappa shape index (κ1) is 15.5. The number of alkyl halides is 2. The van der Waals surface area contributed by atoms with E-state index in [4.69, 9.17) is 5.73 Å². The van der Waals surface area contributed by atoms with Crippen molar-refractivity contribution in [1.82, 2.24) is 4.90 Å². The van der Waals surface area contributed by atoms with E-state index in [0.29, 0.717) is 12.6 Å². The third kappa shape index (κ3) is 3.62. The minimum Gasteiger partial charge on any atom is -0.434 e. The average Bonchev–Trinajstić information content (AvgIpc) is 2.94. The molecule has 6 heteroatoms. The summed E-state index contributed by atoms with van der Waals surface area (Å²) >= 11 is 1.91. The van der Waals surface area contributed by atoms with Gasteiger partial charge in [0, 0.05) is 23.9 Å². The minimum absolute atomic E-state index is 0.103. The first-order chi connectivity index (χ1) is 9.63. The van der Waals surface area contributed by atoms with Crippen LogP contribution < -0.4 is 10.5 Å². The van der Waals surface area contributed by atoms with E-state index in [1.54, 1.807) is 12.1 Å². The minimum atomic E-state index is -2.82. The number of rotatable bonds is 6. The van der Waals surface area contributed by atoms with Crippen molar-refractivity contribution in [2.45, 2.75) is 25.1 Å². The maximum Gasteiger partial charge on any atom is 0.387 e. The lowest BCUT2D eigenvalue weighted by molar-refractivity contribution is -0.0511. The predicted octanol–water partition coefficient (Wildman–Crippen LogP) is 2.73. The molecule has 0 amide bonds. The van der Waals surface area contributed by atoms with Crippen LogP contribution in [0.25, 0.3) is 0 Å². The van der Waals surface area contributed by atoms with E-state index in [2.05, 4.69) is 9.64 Å². The third-order valence-electron chi connectivity index (χ3n) is 3.69. The van der Waals surface area contributed by atoms with Crippen molar-refractivity contribution in [2.24, 2.45) is 5.73 Å². The van der Waals surface area contributed by atoms with Gasteiger partial charge in [0.15, 0.2) is 0 Å². The Morgan fingerprint density at radius 1 is 1.45 bits per heavy atom. The Labute approximate surface area is 122 Å². The first-order valence-electron chi connectivity index (χ1n) is 6.67. The molecule has 1 fully saturated rings. The van der Waals surface area contributed by atoms with Crippen LogP contribution in [0.3, 0.4) is 0 Å². The molecule has 0 aliphatic carbocycles. The highest BCUT2D eigenvalue weighted by Gasteiger charge is 2.28. The normalized spacial score (nSPS) is 20.6. The van der Waals surface area contributed by atoms with E-state index in [1.807, 2.05) is 30.9 Å². The molecule has 1 saturated heterocycles. The average molecular weight is 302 g/mol. The van der Waals surface area contributed by atoms with Crippen molar-refractivity contribution >= 4 is 11.8 Å². The number of likely N-dealkylation sites (N-methyl/N-ethyl adjacent to an activating group) is 1. The number of hydrogen-bond donors (Lipinski definition) is 1. The van der Waals surface area contributed by atoms with E-state index in [0.717, 1.165) is 23.5 Å². The van der Waals surface area contributed by atoms with Crippen LogP contribution in [0.1, 0.15) is 18.0 Å². The summed E-state index contributed by atoms with van der Waals surface area (Å²) in [6.07, 6.45) is 1.11. The maximum atomic E-state index is 12.5. The predicted molar refractivity (Wildman–Crippen MR) is 78.4 cm³/mol. The Bertz CT molecular complexity index is 427. The molecule has 1 aromatic carbocycles. The van der Waals surface area contributed by atoms with Crippen molar-refractivity contribution in [3.63, 3.8) is 0 Å².